The molecule has 1 amide bonds. The molecule has 4 rings (SSSR count). The summed E-state index contributed by atoms with van der Waals surface area (Å²) < 4.78 is 15.4. The maximum Gasteiger partial charge on any atom is 0.244 e. The zero-order valence-corrected chi connectivity index (χ0v) is 20.7. The Kier molecular flexibility index (Phi) is 7.78. The SMILES string of the molecule is C/C=C/C(=O)NCC#Cc1cc(C(N)=Nc2ccc3c(cnn3Cc3cccc(F)c3)c2)c(NC)s1. The summed E-state index contributed by atoms with van der Waals surface area (Å²) in [4.78, 5) is 16.9. The molecule has 0 aliphatic heterocycles. The summed E-state index contributed by atoms with van der Waals surface area (Å²) in [6.45, 7) is 2.50. The second kappa shape index (κ2) is 11.3. The number of nitrogens with two attached hydrogens (primary N) is 1. The first kappa shape index (κ1) is 24.7. The Labute approximate surface area is 212 Å². The number of carbonyl (C=O) groups excluding carboxylic acids is 1. The number of amidine groups is 1. The van der Waals surface area contributed by atoms with Crippen molar-refractivity contribution in [2.24, 2.45) is 10.7 Å². The molecule has 0 atom stereocenters. The van der Waals surface area contributed by atoms with E-state index in [2.05, 4.69) is 32.6 Å². The van der Waals surface area contributed by atoms with Crippen molar-refractivity contribution in [3.63, 3.8) is 0 Å². The molecule has 0 radical (unpaired) electrons. The van der Waals surface area contributed by atoms with Crippen molar-refractivity contribution in [2.75, 3.05) is 18.9 Å². The minimum atomic E-state index is -0.268. The average molecular weight is 501 g/mol. The van der Waals surface area contributed by atoms with Crippen LogP contribution in [0.2, 0.25) is 0 Å². The van der Waals surface area contributed by atoms with Gasteiger partial charge in [-0.05, 0) is 55.0 Å². The molecule has 0 spiro atoms. The predicted octanol–water partition coefficient (Wildman–Crippen LogP) is 4.41. The molecule has 9 heteroatoms. The van der Waals surface area contributed by atoms with Crippen molar-refractivity contribution in [3.05, 3.63) is 88.7 Å². The van der Waals surface area contributed by atoms with E-state index in [4.69, 9.17) is 5.73 Å². The lowest BCUT2D eigenvalue weighted by atomic mass is 10.2. The van der Waals surface area contributed by atoms with Crippen LogP contribution in [0, 0.1) is 17.7 Å². The van der Waals surface area contributed by atoms with E-state index in [9.17, 15) is 9.18 Å². The van der Waals surface area contributed by atoms with Crippen LogP contribution in [0.5, 0.6) is 0 Å². The Hall–Kier alpha value is -4.42. The molecule has 0 saturated heterocycles. The number of hydrogen-bond donors (Lipinski definition) is 3. The van der Waals surface area contributed by atoms with Crippen LogP contribution in [0.1, 0.15) is 22.9 Å². The number of rotatable bonds is 7. The highest BCUT2D eigenvalue weighted by Gasteiger charge is 2.12. The Balaban J connectivity index is 1.52. The molecule has 0 bridgehead atoms. The van der Waals surface area contributed by atoms with Gasteiger partial charge in [-0.1, -0.05) is 30.0 Å². The van der Waals surface area contributed by atoms with Crippen molar-refractivity contribution in [1.82, 2.24) is 15.1 Å². The Morgan fingerprint density at radius 2 is 2.14 bits per heavy atom. The highest BCUT2D eigenvalue weighted by Crippen LogP contribution is 2.29. The molecule has 0 unspecified atom stereocenters. The monoisotopic (exact) mass is 500 g/mol. The van der Waals surface area contributed by atoms with Gasteiger partial charge in [0.2, 0.25) is 5.91 Å². The molecule has 182 valence electrons. The maximum atomic E-state index is 13.5. The van der Waals surface area contributed by atoms with Crippen LogP contribution in [0.3, 0.4) is 0 Å². The summed E-state index contributed by atoms with van der Waals surface area (Å²) in [7, 11) is 1.82. The molecule has 4 aromatic rings. The van der Waals surface area contributed by atoms with E-state index < -0.39 is 0 Å². The summed E-state index contributed by atoms with van der Waals surface area (Å²) in [6, 6.07) is 14.1. The fourth-order valence-corrected chi connectivity index (χ4v) is 4.47. The van der Waals surface area contributed by atoms with E-state index in [-0.39, 0.29) is 18.3 Å². The number of allylic oxidation sites excluding steroid dienone is 1. The third kappa shape index (κ3) is 5.98. The highest BCUT2D eigenvalue weighted by molar-refractivity contribution is 7.17. The molecule has 2 aromatic heterocycles. The summed E-state index contributed by atoms with van der Waals surface area (Å²) in [5.74, 6) is 5.91. The van der Waals surface area contributed by atoms with E-state index in [1.165, 1.54) is 29.5 Å². The van der Waals surface area contributed by atoms with Crippen molar-refractivity contribution >= 4 is 44.7 Å². The molecule has 7 nitrogen and oxygen atoms in total. The minimum Gasteiger partial charge on any atom is -0.383 e. The van der Waals surface area contributed by atoms with Gasteiger partial charge in [0.1, 0.15) is 16.7 Å². The zero-order valence-electron chi connectivity index (χ0n) is 19.9. The van der Waals surface area contributed by atoms with Crippen LogP contribution in [0.25, 0.3) is 10.9 Å². The fraction of sp³-hybridized carbons (Fsp3) is 0.148. The highest BCUT2D eigenvalue weighted by atomic mass is 32.1. The topological polar surface area (TPSA) is 97.3 Å². The smallest absolute Gasteiger partial charge is 0.244 e. The summed E-state index contributed by atoms with van der Waals surface area (Å²) in [5.41, 5.74) is 9.56. The largest absolute Gasteiger partial charge is 0.383 e. The number of nitrogens with zero attached hydrogens (tertiary/aromatic N) is 3. The molecule has 0 saturated carbocycles. The third-order valence-electron chi connectivity index (χ3n) is 5.21. The molecular weight excluding hydrogens is 475 g/mol. The molecule has 0 aliphatic rings. The van der Waals surface area contributed by atoms with Gasteiger partial charge in [-0.15, -0.1) is 11.3 Å². The number of hydrogen-bond acceptors (Lipinski definition) is 5. The standard InChI is InChI=1S/C27H25FN6OS/c1-3-6-25(35)31-12-5-9-22-15-23(27(30-2)36-22)26(29)33-21-10-11-24-19(14-21)16-32-34(24)17-18-7-4-8-20(28)13-18/h3-4,6-8,10-11,13-16,30H,12,17H2,1-2H3,(H2,29,33)(H,31,35)/b6-3+. The number of halogens is 1. The van der Waals surface area contributed by atoms with Gasteiger partial charge in [-0.3, -0.25) is 9.48 Å². The molecule has 2 heterocycles. The summed E-state index contributed by atoms with van der Waals surface area (Å²) >= 11 is 1.46. The number of nitrogens with one attached hydrogen (secondary N) is 2. The van der Waals surface area contributed by atoms with Gasteiger partial charge >= 0.3 is 0 Å². The number of aliphatic imine (C=N–C) groups is 1. The molecular formula is C27H25FN6OS. The first-order valence-corrected chi connectivity index (χ1v) is 12.0. The van der Waals surface area contributed by atoms with E-state index in [0.717, 1.165) is 31.9 Å². The second-order valence-electron chi connectivity index (χ2n) is 7.80. The number of benzene rings is 2. The third-order valence-corrected chi connectivity index (χ3v) is 6.28. The number of amides is 1. The normalized spacial score (nSPS) is 11.5. The Morgan fingerprint density at radius 3 is 2.92 bits per heavy atom. The van der Waals surface area contributed by atoms with E-state index in [1.54, 1.807) is 25.3 Å². The van der Waals surface area contributed by atoms with Crippen LogP contribution in [0.15, 0.2) is 71.9 Å². The van der Waals surface area contributed by atoms with Crippen LogP contribution < -0.4 is 16.4 Å². The van der Waals surface area contributed by atoms with Crippen molar-refractivity contribution in [2.45, 2.75) is 13.5 Å². The predicted molar refractivity (Wildman–Crippen MR) is 144 cm³/mol. The van der Waals surface area contributed by atoms with Gasteiger partial charge in [-0.25, -0.2) is 9.38 Å². The number of carbonyl (C=O) groups is 1. The number of anilines is 1. The summed E-state index contributed by atoms with van der Waals surface area (Å²) in [5, 5.41) is 12.0. The van der Waals surface area contributed by atoms with E-state index in [0.29, 0.717) is 18.1 Å². The minimum absolute atomic E-state index is 0.178. The molecule has 0 aliphatic carbocycles. The number of aromatic nitrogens is 2. The van der Waals surface area contributed by atoms with Gasteiger partial charge in [-0.2, -0.15) is 5.10 Å². The second-order valence-corrected chi connectivity index (χ2v) is 8.85. The van der Waals surface area contributed by atoms with Crippen LogP contribution in [-0.4, -0.2) is 35.1 Å². The van der Waals surface area contributed by atoms with Crippen molar-refractivity contribution in [3.8, 4) is 11.8 Å². The molecule has 36 heavy (non-hydrogen) atoms. The van der Waals surface area contributed by atoms with E-state index >= 15 is 0 Å². The summed E-state index contributed by atoms with van der Waals surface area (Å²) in [6.07, 6.45) is 4.89. The van der Waals surface area contributed by atoms with Crippen LogP contribution in [0.4, 0.5) is 15.1 Å². The molecule has 2 aromatic carbocycles. The zero-order chi connectivity index (χ0) is 25.5. The van der Waals surface area contributed by atoms with Gasteiger partial charge in [0, 0.05) is 12.4 Å². The van der Waals surface area contributed by atoms with Gasteiger partial charge in [0.15, 0.2) is 0 Å². The van der Waals surface area contributed by atoms with Gasteiger partial charge in [0.05, 0.1) is 40.9 Å². The van der Waals surface area contributed by atoms with E-state index in [1.807, 2.05) is 42.1 Å². The fourth-order valence-electron chi connectivity index (χ4n) is 3.58. The first-order valence-electron chi connectivity index (χ1n) is 11.2. The van der Waals surface area contributed by atoms with Crippen LogP contribution in [-0.2, 0) is 11.3 Å². The maximum absolute atomic E-state index is 13.5. The molecule has 4 N–H and O–H groups in total. The average Bonchev–Trinajstić information content (AvgIpc) is 3.46. The van der Waals surface area contributed by atoms with Crippen molar-refractivity contribution in [1.29, 1.82) is 0 Å². The van der Waals surface area contributed by atoms with Crippen LogP contribution >= 0.6 is 11.3 Å². The van der Waals surface area contributed by atoms with Gasteiger partial charge < -0.3 is 16.4 Å². The lowest BCUT2D eigenvalue weighted by Crippen LogP contribution is -2.20. The Bertz CT molecular complexity index is 1520. The quantitative estimate of drug-likeness (QED) is 0.152. The molecule has 0 fully saturated rings. The van der Waals surface area contributed by atoms with Gasteiger partial charge in [0.25, 0.3) is 0 Å². The number of fused-ring (bicyclic) bond motifs is 1. The Morgan fingerprint density at radius 1 is 1.28 bits per heavy atom. The van der Waals surface area contributed by atoms with Crippen molar-refractivity contribution < 1.29 is 9.18 Å². The first-order chi connectivity index (χ1) is 17.5. The lowest BCUT2D eigenvalue weighted by molar-refractivity contribution is -0.116. The lowest BCUT2D eigenvalue weighted by Gasteiger charge is -2.05. The number of thiophene rings is 1.